The molecule has 0 saturated heterocycles. The van der Waals surface area contributed by atoms with Gasteiger partial charge in [-0.3, -0.25) is 0 Å². The summed E-state index contributed by atoms with van der Waals surface area (Å²) in [6.07, 6.45) is 1.68. The molecule has 81 heavy (non-hydrogen) atoms. The van der Waals surface area contributed by atoms with E-state index in [-0.39, 0.29) is 37.5 Å². The molecule has 0 amide bonds. The number of aromatic nitrogens is 2. The van der Waals surface area contributed by atoms with Crippen LogP contribution in [0.5, 0.6) is 11.5 Å². The van der Waals surface area contributed by atoms with Gasteiger partial charge in [0.05, 0.1) is 0 Å². The normalized spacial score (nSPS) is 13.1. The molecule has 1 aliphatic rings. The van der Waals surface area contributed by atoms with Crippen LogP contribution in [0, 0.1) is 25.7 Å². The molecule has 0 saturated carbocycles. The Morgan fingerprint density at radius 3 is 1.69 bits per heavy atom. The van der Waals surface area contributed by atoms with Gasteiger partial charge in [-0.25, -0.2) is 4.98 Å². The van der Waals surface area contributed by atoms with Crippen LogP contribution < -0.4 is 14.5 Å². The fourth-order valence-electron chi connectivity index (χ4n) is 11.1. The van der Waals surface area contributed by atoms with Gasteiger partial charge in [0.1, 0.15) is 5.82 Å². The molecular formula is C75H61N4OPt-3. The number of pyridine rings is 1. The van der Waals surface area contributed by atoms with E-state index in [1.54, 1.807) is 12.3 Å². The van der Waals surface area contributed by atoms with E-state index in [1.165, 1.54) is 5.56 Å². The van der Waals surface area contributed by atoms with Crippen LogP contribution in [0.2, 0.25) is 0 Å². The van der Waals surface area contributed by atoms with Crippen LogP contribution in [0.15, 0.2) is 237 Å². The van der Waals surface area contributed by atoms with Crippen molar-refractivity contribution in [1.29, 1.82) is 0 Å². The van der Waals surface area contributed by atoms with E-state index in [1.807, 2.05) is 59.2 Å². The van der Waals surface area contributed by atoms with Crippen LogP contribution in [0.1, 0.15) is 62.3 Å². The van der Waals surface area contributed by atoms with Gasteiger partial charge in [0, 0.05) is 82.1 Å². The van der Waals surface area contributed by atoms with Crippen molar-refractivity contribution in [1.82, 2.24) is 9.55 Å². The summed E-state index contributed by atoms with van der Waals surface area (Å²) < 4.78 is 35.2. The number of hydrogen-bond acceptors (Lipinski definition) is 4. The molecule has 13 rings (SSSR count). The fourth-order valence-corrected chi connectivity index (χ4v) is 11.1. The molecule has 0 unspecified atom stereocenters. The van der Waals surface area contributed by atoms with Gasteiger partial charge in [-0.15, -0.1) is 53.6 Å². The van der Waals surface area contributed by atoms with Gasteiger partial charge in [-0.1, -0.05) is 223 Å². The molecular weight excluding hydrogens is 1170 g/mol. The van der Waals surface area contributed by atoms with Crippen molar-refractivity contribution in [2.24, 2.45) is 0 Å². The van der Waals surface area contributed by atoms with Crippen molar-refractivity contribution < 1.29 is 29.9 Å². The van der Waals surface area contributed by atoms with E-state index in [4.69, 9.17) is 13.8 Å². The maximum Gasteiger partial charge on any atom is 0.135 e. The van der Waals surface area contributed by atoms with Crippen LogP contribution in [0.3, 0.4) is 0 Å². The molecule has 1 aliphatic heterocycles. The van der Waals surface area contributed by atoms with Crippen molar-refractivity contribution in [3.05, 3.63) is 272 Å². The molecule has 0 bridgehead atoms. The molecule has 10 aromatic carbocycles. The first-order chi connectivity index (χ1) is 40.0. The Morgan fingerprint density at radius 1 is 0.457 bits per heavy atom. The number of nitrogens with zero attached hydrogens (tertiary/aromatic N) is 4. The number of fused-ring (bicyclic) bond motifs is 4. The van der Waals surface area contributed by atoms with Crippen molar-refractivity contribution in [3.63, 3.8) is 0 Å². The van der Waals surface area contributed by atoms with Crippen molar-refractivity contribution >= 4 is 44.6 Å². The zero-order valence-corrected chi connectivity index (χ0v) is 48.4. The van der Waals surface area contributed by atoms with Crippen molar-refractivity contribution in [2.45, 2.75) is 59.2 Å². The number of ether oxygens (including phenoxy) is 1. The number of benzene rings is 10. The molecule has 0 aliphatic carbocycles. The van der Waals surface area contributed by atoms with Gasteiger partial charge in [-0.05, 0) is 103 Å². The summed E-state index contributed by atoms with van der Waals surface area (Å²) in [5.41, 5.74) is 17.9. The minimum atomic E-state index is -2.42. The third-order valence-corrected chi connectivity index (χ3v) is 15.4. The molecule has 0 N–H and O–H groups in total. The molecule has 0 radical (unpaired) electrons. The molecule has 3 heterocycles. The van der Waals surface area contributed by atoms with Gasteiger partial charge in [-0.2, -0.15) is 6.07 Å². The summed E-state index contributed by atoms with van der Waals surface area (Å²) in [5.74, 6) is 1.45. The first kappa shape index (κ1) is 49.3. The SMILES string of the molecule is [2H]C([2H])([2H])c1cc(-n2c3[c-]c(Oc4[c-]c(N5[CH-]N(c6c(-c7ccc(C(C)(C)C)cc7)cccc6-c6cccc(-c7ccccc7)c6)c6ccccc65)cc(C(C)(C)C)c4)ccc3c3cc(-c4ccccc4)ccc32)ncc1-c1ccccc1.[Pt]. The predicted molar refractivity (Wildman–Crippen MR) is 334 cm³/mol. The Morgan fingerprint density at radius 2 is 1.02 bits per heavy atom. The Bertz CT molecular complexity index is 4390. The summed E-state index contributed by atoms with van der Waals surface area (Å²) in [7, 11) is 0. The van der Waals surface area contributed by atoms with Gasteiger partial charge in [0.25, 0.3) is 0 Å². The number of anilines is 4. The minimum absolute atomic E-state index is 0. The second-order valence-corrected chi connectivity index (χ2v) is 22.8. The molecule has 12 aromatic rings. The van der Waals surface area contributed by atoms with Crippen LogP contribution in [0.25, 0.3) is 83.3 Å². The molecule has 2 aromatic heterocycles. The second-order valence-electron chi connectivity index (χ2n) is 22.8. The molecule has 5 nitrogen and oxygen atoms in total. The minimum Gasteiger partial charge on any atom is -0.509 e. The molecule has 0 spiro atoms. The number of rotatable bonds is 10. The first-order valence-electron chi connectivity index (χ1n) is 28.8. The standard InChI is InChI=1S/C75H61N4O.Pt/c1-50-41-72(76-48-67(50)53-25-15-10-16-26-53)79-68-40-35-56(52-23-13-9-14-24-52)43-66(68)65-39-38-61(47-71(65)79)80-62-45-59(75(5,6)7)44-60(46-62)77-49-78(70-32-18-17-31-69(70)77)73-63(54-33-36-58(37-34-54)74(2,3)4)29-20-30-64(73)57-28-19-27-55(42-57)51-21-11-8-12-22-51;/h8-45,48-49H,1-7H3;/q-3;/i1D3;. The summed E-state index contributed by atoms with van der Waals surface area (Å²) in [5, 5.41) is 1.89. The molecule has 400 valence electrons. The number of aryl methyl sites for hydroxylation is 1. The molecule has 0 fully saturated rings. The zero-order valence-electron chi connectivity index (χ0n) is 49.1. The zero-order chi connectivity index (χ0) is 57.2. The van der Waals surface area contributed by atoms with Gasteiger partial charge in [0.15, 0.2) is 0 Å². The Hall–Kier alpha value is -8.76. The maximum absolute atomic E-state index is 8.73. The quantitative estimate of drug-likeness (QED) is 0.128. The monoisotopic (exact) mass is 1230 g/mol. The summed E-state index contributed by atoms with van der Waals surface area (Å²) in [6, 6.07) is 87.3. The van der Waals surface area contributed by atoms with Gasteiger partial charge < -0.3 is 19.1 Å². The van der Waals surface area contributed by atoms with Crippen molar-refractivity contribution in [3.8, 4) is 73.0 Å². The van der Waals surface area contributed by atoms with E-state index in [0.717, 1.165) is 94.7 Å². The molecule has 6 heteroatoms. The summed E-state index contributed by atoms with van der Waals surface area (Å²) >= 11 is 0. The van der Waals surface area contributed by atoms with E-state index < -0.39 is 6.85 Å². The fraction of sp³-hybridized carbons (Fsp3) is 0.120. The van der Waals surface area contributed by atoms with E-state index in [2.05, 4.69) is 240 Å². The van der Waals surface area contributed by atoms with Gasteiger partial charge in [0.2, 0.25) is 0 Å². The van der Waals surface area contributed by atoms with Crippen molar-refractivity contribution in [2.75, 3.05) is 9.80 Å². The average Bonchev–Trinajstić information content (AvgIpc) is 2.72. The summed E-state index contributed by atoms with van der Waals surface area (Å²) in [4.78, 5) is 9.58. The first-order valence-corrected chi connectivity index (χ1v) is 27.3. The Kier molecular flexibility index (Phi) is 13.0. The van der Waals surface area contributed by atoms with E-state index in [0.29, 0.717) is 28.4 Å². The third-order valence-electron chi connectivity index (χ3n) is 15.4. The number of para-hydroxylation sites is 3. The Balaban J connectivity index is 0.00000694. The van der Waals surface area contributed by atoms with Gasteiger partial charge >= 0.3 is 0 Å². The smallest absolute Gasteiger partial charge is 0.135 e. The van der Waals surface area contributed by atoms with Crippen LogP contribution >= 0.6 is 0 Å². The summed E-state index contributed by atoms with van der Waals surface area (Å²) in [6.45, 7) is 13.2. The van der Waals surface area contributed by atoms with E-state index in [9.17, 15) is 0 Å². The van der Waals surface area contributed by atoms with E-state index >= 15 is 0 Å². The second kappa shape index (κ2) is 21.4. The van der Waals surface area contributed by atoms with Crippen LogP contribution in [0.4, 0.5) is 22.7 Å². The average molecular weight is 1230 g/mol. The number of hydrogen-bond donors (Lipinski definition) is 0. The third kappa shape index (κ3) is 10.2. The maximum atomic E-state index is 8.73. The Labute approximate surface area is 495 Å². The van der Waals surface area contributed by atoms with Crippen LogP contribution in [-0.4, -0.2) is 9.55 Å². The van der Waals surface area contributed by atoms with Crippen LogP contribution in [-0.2, 0) is 31.9 Å². The molecule has 0 atom stereocenters. The topological polar surface area (TPSA) is 33.5 Å². The predicted octanol–water partition coefficient (Wildman–Crippen LogP) is 20.2. The largest absolute Gasteiger partial charge is 0.509 e.